The Balaban J connectivity index is 1.47. The maximum atomic E-state index is 6.50. The molecule has 6 nitrogen and oxygen atoms in total. The third kappa shape index (κ3) is 5.68. The van der Waals surface area contributed by atoms with Crippen molar-refractivity contribution in [2.45, 2.75) is 43.8 Å². The molecule has 0 amide bonds. The van der Waals surface area contributed by atoms with Crippen molar-refractivity contribution >= 4 is 11.8 Å². The molecule has 1 aliphatic heterocycles. The third-order valence-corrected chi connectivity index (χ3v) is 7.22. The maximum absolute atomic E-state index is 6.50. The average Bonchev–Trinajstić information content (AvgIpc) is 3.40. The smallest absolute Gasteiger partial charge is 0.203 e. The topological polar surface area (TPSA) is 55.4 Å². The van der Waals surface area contributed by atoms with Gasteiger partial charge in [-0.25, -0.2) is 0 Å². The second-order valence-corrected chi connectivity index (χ2v) is 9.73. The van der Waals surface area contributed by atoms with E-state index >= 15 is 0 Å². The van der Waals surface area contributed by atoms with Gasteiger partial charge in [-0.2, -0.15) is 0 Å². The van der Waals surface area contributed by atoms with Crippen LogP contribution in [-0.2, 0) is 4.74 Å². The molecule has 7 heteroatoms. The molecule has 0 saturated carbocycles. The van der Waals surface area contributed by atoms with Gasteiger partial charge in [0.15, 0.2) is 23.0 Å². The van der Waals surface area contributed by atoms with Crippen LogP contribution in [0.25, 0.3) is 0 Å². The van der Waals surface area contributed by atoms with E-state index in [0.717, 1.165) is 35.3 Å². The van der Waals surface area contributed by atoms with E-state index in [1.54, 1.807) is 40.2 Å². The van der Waals surface area contributed by atoms with Gasteiger partial charge < -0.3 is 28.4 Å². The second kappa shape index (κ2) is 11.8. The van der Waals surface area contributed by atoms with E-state index < -0.39 is 0 Å². The van der Waals surface area contributed by atoms with Crippen molar-refractivity contribution in [1.82, 2.24) is 0 Å². The summed E-state index contributed by atoms with van der Waals surface area (Å²) >= 11 is 1.66. The molecule has 1 fully saturated rings. The molecule has 1 heterocycles. The van der Waals surface area contributed by atoms with Crippen LogP contribution in [0.3, 0.4) is 0 Å². The van der Waals surface area contributed by atoms with Gasteiger partial charge in [0.2, 0.25) is 5.75 Å². The molecular formula is C29H34O6S. The normalized spacial score (nSPS) is 17.1. The van der Waals surface area contributed by atoms with Crippen LogP contribution in [0.2, 0.25) is 0 Å². The quantitative estimate of drug-likeness (QED) is 0.214. The fourth-order valence-corrected chi connectivity index (χ4v) is 5.14. The van der Waals surface area contributed by atoms with Crippen molar-refractivity contribution in [2.75, 3.05) is 34.4 Å². The molecule has 0 aliphatic carbocycles. The second-order valence-electron chi connectivity index (χ2n) is 8.74. The van der Waals surface area contributed by atoms with Gasteiger partial charge in [0.1, 0.15) is 5.94 Å². The summed E-state index contributed by atoms with van der Waals surface area (Å²) < 4.78 is 34.8. The zero-order chi connectivity index (χ0) is 25.7. The fourth-order valence-electron chi connectivity index (χ4n) is 4.50. The molecule has 0 radical (unpaired) electrons. The molecule has 0 bridgehead atoms. The molecule has 3 aromatic carbocycles. The molecule has 2 atom stereocenters. The summed E-state index contributed by atoms with van der Waals surface area (Å²) in [6.45, 7) is 4.13. The van der Waals surface area contributed by atoms with Crippen molar-refractivity contribution < 1.29 is 28.4 Å². The van der Waals surface area contributed by atoms with Crippen molar-refractivity contribution in [3.63, 3.8) is 0 Å². The standard InChI is InChI=1S/C29H34O6S/c1-18-7-9-22(10-8-18)36-17-34-28-19(2)13-20(14-25(28)30-3)23-11-12-24(35-23)21-15-26(31-4)29(33-6)27(16-21)32-5/h7-10,13-16,23-24H,11-12,17H2,1-6H3/t23-,24-/m1/s1. The SMILES string of the molecule is COc1cc([C@H]2CC[C@H](c3cc(OC)c(OC)c(OC)c3)O2)cc(C)c1OCSc1ccc(C)cc1. The Hall–Kier alpha value is -3.03. The molecule has 0 spiro atoms. The van der Waals surface area contributed by atoms with Crippen molar-refractivity contribution in [2.24, 2.45) is 0 Å². The summed E-state index contributed by atoms with van der Waals surface area (Å²) in [5, 5.41) is 0. The van der Waals surface area contributed by atoms with E-state index in [-0.39, 0.29) is 12.2 Å². The zero-order valence-corrected chi connectivity index (χ0v) is 22.6. The van der Waals surface area contributed by atoms with Crippen LogP contribution in [0.4, 0.5) is 0 Å². The lowest BCUT2D eigenvalue weighted by atomic mass is 10.0. The van der Waals surface area contributed by atoms with Crippen molar-refractivity contribution in [1.29, 1.82) is 0 Å². The fraction of sp³-hybridized carbons (Fsp3) is 0.379. The lowest BCUT2D eigenvalue weighted by Gasteiger charge is -2.20. The van der Waals surface area contributed by atoms with Gasteiger partial charge in [-0.3, -0.25) is 0 Å². The highest BCUT2D eigenvalue weighted by Crippen LogP contribution is 2.47. The first-order chi connectivity index (χ1) is 17.5. The van der Waals surface area contributed by atoms with Crippen molar-refractivity contribution in [3.05, 3.63) is 70.8 Å². The lowest BCUT2D eigenvalue weighted by molar-refractivity contribution is 0.0436. The van der Waals surface area contributed by atoms with Gasteiger partial charge in [0.05, 0.1) is 40.6 Å². The minimum Gasteiger partial charge on any atom is -0.493 e. The van der Waals surface area contributed by atoms with E-state index in [1.165, 1.54) is 10.5 Å². The number of methoxy groups -OCH3 is 4. The molecule has 0 aromatic heterocycles. The van der Waals surface area contributed by atoms with Crippen LogP contribution >= 0.6 is 11.8 Å². The molecule has 4 rings (SSSR count). The van der Waals surface area contributed by atoms with Gasteiger partial charge in [0, 0.05) is 4.90 Å². The number of benzene rings is 3. The number of rotatable bonds is 10. The number of aryl methyl sites for hydroxylation is 2. The Morgan fingerprint density at radius 2 is 1.25 bits per heavy atom. The molecular weight excluding hydrogens is 476 g/mol. The molecule has 1 aliphatic rings. The molecule has 1 saturated heterocycles. The minimum atomic E-state index is -0.0724. The van der Waals surface area contributed by atoms with E-state index in [1.807, 2.05) is 25.1 Å². The first-order valence-electron chi connectivity index (χ1n) is 11.9. The summed E-state index contributed by atoms with van der Waals surface area (Å²) in [7, 11) is 6.52. The molecule has 36 heavy (non-hydrogen) atoms. The minimum absolute atomic E-state index is 0.0438. The molecule has 0 unspecified atom stereocenters. The molecule has 3 aromatic rings. The van der Waals surface area contributed by atoms with Gasteiger partial charge in [-0.15, -0.1) is 0 Å². The monoisotopic (exact) mass is 510 g/mol. The van der Waals surface area contributed by atoms with Crippen LogP contribution in [-0.4, -0.2) is 34.4 Å². The Morgan fingerprint density at radius 1 is 0.722 bits per heavy atom. The Morgan fingerprint density at radius 3 is 1.78 bits per heavy atom. The van der Waals surface area contributed by atoms with Crippen LogP contribution in [0.15, 0.2) is 53.4 Å². The molecule has 0 N–H and O–H groups in total. The lowest BCUT2D eigenvalue weighted by Crippen LogP contribution is -2.04. The Labute approximate surface area is 217 Å². The van der Waals surface area contributed by atoms with E-state index in [2.05, 4.69) is 37.3 Å². The average molecular weight is 511 g/mol. The molecule has 192 valence electrons. The highest BCUT2D eigenvalue weighted by Gasteiger charge is 2.30. The predicted molar refractivity (Wildman–Crippen MR) is 142 cm³/mol. The highest BCUT2D eigenvalue weighted by atomic mass is 32.2. The largest absolute Gasteiger partial charge is 0.493 e. The highest BCUT2D eigenvalue weighted by molar-refractivity contribution is 7.99. The van der Waals surface area contributed by atoms with Gasteiger partial charge >= 0.3 is 0 Å². The summed E-state index contributed by atoms with van der Waals surface area (Å²) in [6, 6.07) is 16.5. The first-order valence-corrected chi connectivity index (χ1v) is 12.9. The van der Waals surface area contributed by atoms with Crippen LogP contribution < -0.4 is 23.7 Å². The van der Waals surface area contributed by atoms with E-state index in [0.29, 0.717) is 28.9 Å². The summed E-state index contributed by atoms with van der Waals surface area (Å²) in [5.74, 6) is 3.81. The van der Waals surface area contributed by atoms with Gasteiger partial charge in [-0.05, 0) is 79.8 Å². The van der Waals surface area contributed by atoms with Crippen LogP contribution in [0, 0.1) is 13.8 Å². The Bertz CT molecular complexity index is 1150. The van der Waals surface area contributed by atoms with E-state index in [4.69, 9.17) is 28.4 Å². The number of hydrogen-bond acceptors (Lipinski definition) is 7. The van der Waals surface area contributed by atoms with Crippen molar-refractivity contribution in [3.8, 4) is 28.7 Å². The number of hydrogen-bond donors (Lipinski definition) is 0. The van der Waals surface area contributed by atoms with Crippen LogP contribution in [0.1, 0.15) is 47.3 Å². The van der Waals surface area contributed by atoms with Gasteiger partial charge in [-0.1, -0.05) is 29.5 Å². The maximum Gasteiger partial charge on any atom is 0.203 e. The summed E-state index contributed by atoms with van der Waals surface area (Å²) in [5.41, 5.74) is 4.35. The number of thioether (sulfide) groups is 1. The summed E-state index contributed by atoms with van der Waals surface area (Å²) in [4.78, 5) is 1.17. The summed E-state index contributed by atoms with van der Waals surface area (Å²) in [6.07, 6.45) is 1.67. The van der Waals surface area contributed by atoms with Crippen LogP contribution in [0.5, 0.6) is 28.7 Å². The third-order valence-electron chi connectivity index (χ3n) is 6.38. The number of ether oxygens (including phenoxy) is 6. The zero-order valence-electron chi connectivity index (χ0n) is 21.8. The first kappa shape index (κ1) is 26.0. The predicted octanol–water partition coefficient (Wildman–Crippen LogP) is 7.06. The Kier molecular flexibility index (Phi) is 8.54. The van der Waals surface area contributed by atoms with Gasteiger partial charge in [0.25, 0.3) is 0 Å². The van der Waals surface area contributed by atoms with E-state index in [9.17, 15) is 0 Å².